The van der Waals surface area contributed by atoms with E-state index in [4.69, 9.17) is 10.5 Å². The predicted octanol–water partition coefficient (Wildman–Crippen LogP) is 4.45. The monoisotopic (exact) mass is 440 g/mol. The molecule has 0 spiro atoms. The van der Waals surface area contributed by atoms with Gasteiger partial charge in [0.05, 0.1) is 12.0 Å². The van der Waals surface area contributed by atoms with E-state index in [1.54, 1.807) is 7.11 Å². The second-order valence-corrected chi connectivity index (χ2v) is 8.92. The van der Waals surface area contributed by atoms with Gasteiger partial charge in [0.25, 0.3) is 5.56 Å². The van der Waals surface area contributed by atoms with Gasteiger partial charge in [-0.1, -0.05) is 33.8 Å². The largest absolute Gasteiger partial charge is 0.496 e. The lowest BCUT2D eigenvalue weighted by molar-refractivity contribution is -0.117. The highest BCUT2D eigenvalue weighted by Crippen LogP contribution is 2.37. The Hall–Kier alpha value is -3.13. The van der Waals surface area contributed by atoms with Gasteiger partial charge < -0.3 is 15.8 Å². The smallest absolute Gasteiger partial charge is 0.290 e. The highest BCUT2D eigenvalue weighted by molar-refractivity contribution is 7.13. The zero-order valence-electron chi connectivity index (χ0n) is 18.4. The molecule has 0 saturated heterocycles. The average Bonchev–Trinajstić information content (AvgIpc) is 3.25. The van der Waals surface area contributed by atoms with E-state index < -0.39 is 5.56 Å². The third-order valence-electron chi connectivity index (χ3n) is 4.95. The molecular weight excluding hydrogens is 412 g/mol. The summed E-state index contributed by atoms with van der Waals surface area (Å²) in [4.78, 5) is 26.1. The second-order valence-electron chi connectivity index (χ2n) is 7.97. The first-order valence-electron chi connectivity index (χ1n) is 10.1. The molecule has 8 heteroatoms. The van der Waals surface area contributed by atoms with Crippen molar-refractivity contribution in [3.05, 3.63) is 57.2 Å². The van der Waals surface area contributed by atoms with Crippen molar-refractivity contribution in [3.63, 3.8) is 0 Å². The Bertz CT molecular complexity index is 1110. The summed E-state index contributed by atoms with van der Waals surface area (Å²) in [5, 5.41) is 9.14. The Morgan fingerprint density at radius 1 is 1.19 bits per heavy atom. The van der Waals surface area contributed by atoms with Crippen LogP contribution in [-0.2, 0) is 11.3 Å². The minimum absolute atomic E-state index is 0.0554. The Morgan fingerprint density at radius 3 is 2.35 bits per heavy atom. The Morgan fingerprint density at radius 2 is 1.84 bits per heavy atom. The molecule has 7 nitrogen and oxygen atoms in total. The number of aromatic nitrogens is 2. The molecule has 1 amide bonds. The molecule has 0 atom stereocenters. The molecule has 0 bridgehead atoms. The summed E-state index contributed by atoms with van der Waals surface area (Å²) in [5.41, 5.74) is 8.70. The fraction of sp³-hybridized carbons (Fsp3) is 0.348. The van der Waals surface area contributed by atoms with Crippen LogP contribution in [0, 0.1) is 0 Å². The lowest BCUT2D eigenvalue weighted by atomic mass is 9.93. The van der Waals surface area contributed by atoms with Crippen molar-refractivity contribution in [1.82, 2.24) is 9.78 Å². The number of thiophene rings is 1. The van der Waals surface area contributed by atoms with Crippen molar-refractivity contribution < 1.29 is 9.53 Å². The first-order chi connectivity index (χ1) is 14.7. The lowest BCUT2D eigenvalue weighted by Crippen LogP contribution is -2.31. The van der Waals surface area contributed by atoms with Crippen LogP contribution < -0.4 is 21.3 Å². The first kappa shape index (κ1) is 22.6. The Labute approximate surface area is 185 Å². The Kier molecular flexibility index (Phi) is 6.80. The first-order valence-corrected chi connectivity index (χ1v) is 11.0. The van der Waals surface area contributed by atoms with E-state index in [2.05, 4.69) is 38.1 Å². The summed E-state index contributed by atoms with van der Waals surface area (Å²) >= 11 is 1.49. The molecule has 0 radical (unpaired) electrons. The SMILES string of the molecule is COc1c(C(C)C)cc(NC(=O)Cn2nc(-c3cccs3)cc(N)c2=O)cc1C(C)C. The maximum atomic E-state index is 12.8. The van der Waals surface area contributed by atoms with Crippen LogP contribution in [0.1, 0.15) is 50.7 Å². The van der Waals surface area contributed by atoms with Crippen LogP contribution in [0.5, 0.6) is 5.75 Å². The highest BCUT2D eigenvalue weighted by atomic mass is 32.1. The molecule has 2 aromatic heterocycles. The maximum absolute atomic E-state index is 12.8. The summed E-state index contributed by atoms with van der Waals surface area (Å²) in [7, 11) is 1.66. The molecule has 31 heavy (non-hydrogen) atoms. The average molecular weight is 441 g/mol. The molecule has 2 heterocycles. The van der Waals surface area contributed by atoms with Crippen LogP contribution in [0.4, 0.5) is 11.4 Å². The predicted molar refractivity (Wildman–Crippen MR) is 126 cm³/mol. The number of rotatable bonds is 7. The van der Waals surface area contributed by atoms with Gasteiger partial charge in [0.1, 0.15) is 23.7 Å². The van der Waals surface area contributed by atoms with Gasteiger partial charge in [-0.15, -0.1) is 11.3 Å². The van der Waals surface area contributed by atoms with Gasteiger partial charge in [0, 0.05) is 5.69 Å². The number of carbonyl (C=O) groups excluding carboxylic acids is 1. The van der Waals surface area contributed by atoms with E-state index in [-0.39, 0.29) is 30.0 Å². The number of nitrogens with two attached hydrogens (primary N) is 1. The summed E-state index contributed by atoms with van der Waals surface area (Å²) in [6, 6.07) is 9.15. The van der Waals surface area contributed by atoms with Crippen molar-refractivity contribution >= 4 is 28.6 Å². The number of nitrogen functional groups attached to an aromatic ring is 1. The molecule has 164 valence electrons. The summed E-state index contributed by atoms with van der Waals surface area (Å²) in [6.45, 7) is 8.08. The van der Waals surface area contributed by atoms with Gasteiger partial charge in [0.15, 0.2) is 0 Å². The van der Waals surface area contributed by atoms with Crippen molar-refractivity contribution in [2.75, 3.05) is 18.2 Å². The van der Waals surface area contributed by atoms with Gasteiger partial charge in [-0.3, -0.25) is 9.59 Å². The lowest BCUT2D eigenvalue weighted by Gasteiger charge is -2.20. The fourth-order valence-electron chi connectivity index (χ4n) is 3.39. The standard InChI is InChI=1S/C23H28N4O3S/c1-13(2)16-9-15(10-17(14(3)4)22(16)30-5)25-21(28)12-27-23(29)18(24)11-19(26-27)20-7-6-8-31-20/h6-11,13-14H,12,24H2,1-5H3,(H,25,28). The van der Waals surface area contributed by atoms with Gasteiger partial charge in [-0.05, 0) is 52.6 Å². The van der Waals surface area contributed by atoms with Crippen LogP contribution in [0.15, 0.2) is 40.5 Å². The van der Waals surface area contributed by atoms with Crippen molar-refractivity contribution in [3.8, 4) is 16.3 Å². The summed E-state index contributed by atoms with van der Waals surface area (Å²) in [5.74, 6) is 0.927. The third kappa shape index (κ3) is 4.96. The molecule has 3 rings (SSSR count). The molecule has 0 aliphatic rings. The Balaban J connectivity index is 1.90. The second kappa shape index (κ2) is 9.34. The van der Waals surface area contributed by atoms with Crippen LogP contribution in [-0.4, -0.2) is 22.8 Å². The van der Waals surface area contributed by atoms with Crippen LogP contribution in [0.2, 0.25) is 0 Å². The molecule has 0 saturated carbocycles. The molecule has 0 unspecified atom stereocenters. The van der Waals surface area contributed by atoms with E-state index in [0.717, 1.165) is 26.4 Å². The van der Waals surface area contributed by atoms with Crippen LogP contribution >= 0.6 is 11.3 Å². The van der Waals surface area contributed by atoms with E-state index in [1.165, 1.54) is 17.4 Å². The van der Waals surface area contributed by atoms with Crippen molar-refractivity contribution in [2.45, 2.75) is 46.1 Å². The minimum atomic E-state index is -0.490. The van der Waals surface area contributed by atoms with E-state index in [1.807, 2.05) is 29.6 Å². The molecule has 3 aromatic rings. The third-order valence-corrected chi connectivity index (χ3v) is 5.84. The summed E-state index contributed by atoms with van der Waals surface area (Å²) < 4.78 is 6.76. The number of nitrogens with one attached hydrogen (secondary N) is 1. The number of ether oxygens (including phenoxy) is 1. The van der Waals surface area contributed by atoms with Gasteiger partial charge in [-0.2, -0.15) is 5.10 Å². The van der Waals surface area contributed by atoms with Gasteiger partial charge in [-0.25, -0.2) is 4.68 Å². The molecular formula is C23H28N4O3S. The van der Waals surface area contributed by atoms with E-state index in [9.17, 15) is 9.59 Å². The maximum Gasteiger partial charge on any atom is 0.290 e. The number of hydrogen-bond donors (Lipinski definition) is 2. The molecule has 3 N–H and O–H groups in total. The van der Waals surface area contributed by atoms with Crippen molar-refractivity contribution in [2.24, 2.45) is 0 Å². The van der Waals surface area contributed by atoms with Crippen LogP contribution in [0.25, 0.3) is 10.6 Å². The fourth-order valence-corrected chi connectivity index (χ4v) is 4.07. The number of benzene rings is 1. The number of hydrogen-bond acceptors (Lipinski definition) is 6. The number of carbonyl (C=O) groups is 1. The van der Waals surface area contributed by atoms with Gasteiger partial charge >= 0.3 is 0 Å². The molecule has 0 aliphatic carbocycles. The number of methoxy groups -OCH3 is 1. The van der Waals surface area contributed by atoms with E-state index in [0.29, 0.717) is 11.4 Å². The van der Waals surface area contributed by atoms with Gasteiger partial charge in [0.2, 0.25) is 5.91 Å². The number of nitrogens with zero attached hydrogens (tertiary/aromatic N) is 2. The van der Waals surface area contributed by atoms with Crippen LogP contribution in [0.3, 0.4) is 0 Å². The molecule has 0 aliphatic heterocycles. The normalized spacial score (nSPS) is 11.2. The summed E-state index contributed by atoms with van der Waals surface area (Å²) in [6.07, 6.45) is 0. The molecule has 0 fully saturated rings. The number of anilines is 2. The number of amides is 1. The zero-order valence-corrected chi connectivity index (χ0v) is 19.2. The minimum Gasteiger partial charge on any atom is -0.496 e. The highest BCUT2D eigenvalue weighted by Gasteiger charge is 2.18. The van der Waals surface area contributed by atoms with Crippen molar-refractivity contribution in [1.29, 1.82) is 0 Å². The topological polar surface area (TPSA) is 99.2 Å². The van der Waals surface area contributed by atoms with E-state index >= 15 is 0 Å². The quantitative estimate of drug-likeness (QED) is 0.565. The molecule has 1 aromatic carbocycles. The zero-order chi connectivity index (χ0) is 22.7.